The van der Waals surface area contributed by atoms with E-state index < -0.39 is 0 Å². The first-order chi connectivity index (χ1) is 9.69. The molecule has 5 nitrogen and oxygen atoms in total. The Morgan fingerprint density at radius 1 is 1.45 bits per heavy atom. The van der Waals surface area contributed by atoms with Crippen molar-refractivity contribution in [3.8, 4) is 0 Å². The van der Waals surface area contributed by atoms with E-state index in [-0.39, 0.29) is 11.9 Å². The van der Waals surface area contributed by atoms with E-state index >= 15 is 0 Å². The molecule has 104 valence electrons. The fraction of sp³-hybridized carbons (Fsp3) is 0.533. The van der Waals surface area contributed by atoms with E-state index in [4.69, 9.17) is 0 Å². The first-order valence-corrected chi connectivity index (χ1v) is 7.34. The van der Waals surface area contributed by atoms with Crippen LogP contribution in [-0.2, 0) is 11.2 Å². The van der Waals surface area contributed by atoms with Crippen molar-refractivity contribution in [1.29, 1.82) is 0 Å². The van der Waals surface area contributed by atoms with Crippen LogP contribution in [0.5, 0.6) is 0 Å². The summed E-state index contributed by atoms with van der Waals surface area (Å²) in [7, 11) is 0. The number of aromatic nitrogens is 3. The molecule has 4 rings (SSSR count). The minimum Gasteiger partial charge on any atom is -0.332 e. The molecule has 1 amide bonds. The molecule has 4 heterocycles. The summed E-state index contributed by atoms with van der Waals surface area (Å²) < 4.78 is 1.98. The third kappa shape index (κ3) is 1.46. The van der Waals surface area contributed by atoms with E-state index in [0.29, 0.717) is 12.5 Å². The van der Waals surface area contributed by atoms with Crippen LogP contribution >= 0.6 is 0 Å². The van der Waals surface area contributed by atoms with Gasteiger partial charge in [0, 0.05) is 36.7 Å². The molecule has 0 unspecified atom stereocenters. The number of nitrogens with zero attached hydrogens (tertiary/aromatic N) is 4. The number of fused-ring (bicyclic) bond motifs is 6. The van der Waals surface area contributed by atoms with Crippen LogP contribution in [0.4, 0.5) is 0 Å². The molecule has 2 aromatic rings. The monoisotopic (exact) mass is 270 g/mol. The van der Waals surface area contributed by atoms with Gasteiger partial charge in [-0.3, -0.25) is 4.79 Å². The second kappa shape index (κ2) is 4.04. The normalized spacial score (nSPS) is 24.2. The van der Waals surface area contributed by atoms with E-state index in [1.54, 1.807) is 0 Å². The van der Waals surface area contributed by atoms with Crippen molar-refractivity contribution < 1.29 is 4.79 Å². The third-order valence-corrected chi connectivity index (χ3v) is 4.62. The van der Waals surface area contributed by atoms with Gasteiger partial charge in [0.15, 0.2) is 5.65 Å². The van der Waals surface area contributed by atoms with Crippen molar-refractivity contribution in [3.63, 3.8) is 0 Å². The molecule has 0 aromatic carbocycles. The molecule has 2 aromatic heterocycles. The van der Waals surface area contributed by atoms with Gasteiger partial charge in [-0.1, -0.05) is 6.92 Å². The number of hydrogen-bond acceptors (Lipinski definition) is 3. The fourth-order valence-corrected chi connectivity index (χ4v) is 3.76. The highest BCUT2D eigenvalue weighted by molar-refractivity contribution is 5.77. The van der Waals surface area contributed by atoms with E-state index in [9.17, 15) is 4.79 Å². The van der Waals surface area contributed by atoms with Crippen molar-refractivity contribution in [2.75, 3.05) is 0 Å². The number of rotatable bonds is 1. The number of amides is 1. The number of aryl methyl sites for hydroxylation is 1. The minimum absolute atomic E-state index is 0.206. The van der Waals surface area contributed by atoms with Crippen molar-refractivity contribution in [3.05, 3.63) is 29.2 Å². The van der Waals surface area contributed by atoms with Crippen molar-refractivity contribution in [2.45, 2.75) is 51.6 Å². The van der Waals surface area contributed by atoms with E-state index in [0.717, 1.165) is 30.6 Å². The van der Waals surface area contributed by atoms with Gasteiger partial charge in [-0.05, 0) is 19.8 Å². The van der Waals surface area contributed by atoms with Gasteiger partial charge in [-0.2, -0.15) is 5.10 Å². The molecule has 20 heavy (non-hydrogen) atoms. The molecule has 5 heteroatoms. The van der Waals surface area contributed by atoms with E-state index in [2.05, 4.69) is 15.0 Å². The summed E-state index contributed by atoms with van der Waals surface area (Å²) in [6, 6.07) is 2.55. The molecule has 0 spiro atoms. The number of hydrogen-bond donors (Lipinski definition) is 0. The van der Waals surface area contributed by atoms with Crippen molar-refractivity contribution >= 4 is 11.6 Å². The van der Waals surface area contributed by atoms with Gasteiger partial charge >= 0.3 is 0 Å². The maximum atomic E-state index is 12.2. The Kier molecular flexibility index (Phi) is 2.40. The average Bonchev–Trinajstić information content (AvgIpc) is 2.97. The van der Waals surface area contributed by atoms with Crippen LogP contribution < -0.4 is 0 Å². The summed E-state index contributed by atoms with van der Waals surface area (Å²) >= 11 is 0. The highest BCUT2D eigenvalue weighted by Crippen LogP contribution is 2.43. The zero-order valence-electron chi connectivity index (χ0n) is 11.8. The highest BCUT2D eigenvalue weighted by Gasteiger charge is 2.43. The smallest absolute Gasteiger partial charge is 0.223 e. The molecular weight excluding hydrogens is 252 g/mol. The molecule has 2 bridgehead atoms. The van der Waals surface area contributed by atoms with Gasteiger partial charge in [0.1, 0.15) is 0 Å². The first-order valence-electron chi connectivity index (χ1n) is 7.34. The molecule has 0 aliphatic carbocycles. The van der Waals surface area contributed by atoms with Crippen LogP contribution in [0, 0.1) is 6.92 Å². The molecular formula is C15H18N4O. The largest absolute Gasteiger partial charge is 0.332 e. The SMILES string of the molecule is CCC(=O)N1[C@@H]2CC[C@H]1c1cnc3cc(C)nn3c1C2. The second-order valence-electron chi connectivity index (χ2n) is 5.82. The van der Waals surface area contributed by atoms with Gasteiger partial charge in [0.05, 0.1) is 17.4 Å². The molecule has 0 radical (unpaired) electrons. The number of carbonyl (C=O) groups is 1. The fourth-order valence-electron chi connectivity index (χ4n) is 3.76. The molecule has 1 saturated heterocycles. The maximum Gasteiger partial charge on any atom is 0.223 e. The molecule has 0 saturated carbocycles. The third-order valence-electron chi connectivity index (χ3n) is 4.62. The summed E-state index contributed by atoms with van der Waals surface area (Å²) in [5, 5.41) is 4.56. The Bertz CT molecular complexity index is 705. The predicted octanol–water partition coefficient (Wildman–Crippen LogP) is 2.04. The van der Waals surface area contributed by atoms with Crippen LogP contribution in [0.2, 0.25) is 0 Å². The molecule has 2 aliphatic heterocycles. The summed E-state index contributed by atoms with van der Waals surface area (Å²) in [6.07, 6.45) is 5.58. The quantitative estimate of drug-likeness (QED) is 0.796. The lowest BCUT2D eigenvalue weighted by Gasteiger charge is -2.36. The van der Waals surface area contributed by atoms with Gasteiger partial charge < -0.3 is 4.90 Å². The molecule has 1 fully saturated rings. The minimum atomic E-state index is 0.206. The topological polar surface area (TPSA) is 50.5 Å². The summed E-state index contributed by atoms with van der Waals surface area (Å²) in [6.45, 7) is 3.93. The summed E-state index contributed by atoms with van der Waals surface area (Å²) in [5.74, 6) is 0.264. The number of carbonyl (C=O) groups excluding carboxylic acids is 1. The van der Waals surface area contributed by atoms with Gasteiger partial charge in [0.2, 0.25) is 5.91 Å². The standard InChI is InChI=1S/C15H18N4O/c1-3-15(20)18-10-4-5-12(18)11-8-16-14-6-9(2)17-19(14)13(11)7-10/h6,8,10,12H,3-5,7H2,1-2H3/t10-,12+/m1/s1. The maximum absolute atomic E-state index is 12.2. The van der Waals surface area contributed by atoms with Crippen LogP contribution in [0.1, 0.15) is 49.2 Å². The van der Waals surface area contributed by atoms with E-state index in [1.807, 2.05) is 30.6 Å². The van der Waals surface area contributed by atoms with Gasteiger partial charge in [-0.25, -0.2) is 9.50 Å². The molecule has 2 atom stereocenters. The lowest BCUT2D eigenvalue weighted by atomic mass is 9.99. The first kappa shape index (κ1) is 11.9. The van der Waals surface area contributed by atoms with Crippen LogP contribution in [-0.4, -0.2) is 31.4 Å². The van der Waals surface area contributed by atoms with Gasteiger partial charge in [-0.15, -0.1) is 0 Å². The zero-order chi connectivity index (χ0) is 13.9. The van der Waals surface area contributed by atoms with E-state index in [1.165, 1.54) is 11.3 Å². The highest BCUT2D eigenvalue weighted by atomic mass is 16.2. The second-order valence-corrected chi connectivity index (χ2v) is 5.82. The Labute approximate surface area is 117 Å². The Balaban J connectivity index is 1.88. The molecule has 2 aliphatic rings. The summed E-state index contributed by atoms with van der Waals surface area (Å²) in [5.41, 5.74) is 4.34. The molecule has 0 N–H and O–H groups in total. The lowest BCUT2D eigenvalue weighted by Crippen LogP contribution is -2.42. The average molecular weight is 270 g/mol. The van der Waals surface area contributed by atoms with Gasteiger partial charge in [0.25, 0.3) is 0 Å². The Morgan fingerprint density at radius 2 is 2.30 bits per heavy atom. The predicted molar refractivity (Wildman–Crippen MR) is 74.3 cm³/mol. The Morgan fingerprint density at radius 3 is 3.10 bits per heavy atom. The zero-order valence-corrected chi connectivity index (χ0v) is 11.8. The lowest BCUT2D eigenvalue weighted by molar-refractivity contribution is -0.134. The van der Waals surface area contributed by atoms with Crippen molar-refractivity contribution in [1.82, 2.24) is 19.5 Å². The summed E-state index contributed by atoms with van der Waals surface area (Å²) in [4.78, 5) is 18.8. The van der Waals surface area contributed by atoms with Crippen LogP contribution in [0.15, 0.2) is 12.3 Å². The van der Waals surface area contributed by atoms with Crippen molar-refractivity contribution in [2.24, 2.45) is 0 Å². The van der Waals surface area contributed by atoms with Crippen LogP contribution in [0.25, 0.3) is 5.65 Å². The van der Waals surface area contributed by atoms with Crippen LogP contribution in [0.3, 0.4) is 0 Å². The Hall–Kier alpha value is -1.91.